The van der Waals surface area contributed by atoms with Gasteiger partial charge in [-0.15, -0.1) is 0 Å². The average molecular weight is 146 g/mol. The van der Waals surface area contributed by atoms with Gasteiger partial charge in [0.25, 0.3) is 0 Å². The van der Waals surface area contributed by atoms with Crippen molar-refractivity contribution in [2.75, 3.05) is 0 Å². The summed E-state index contributed by atoms with van der Waals surface area (Å²) in [7, 11) is 0. The normalized spacial score (nSPS) is 42.9. The molecular formula is C7H14O3. The van der Waals surface area contributed by atoms with Gasteiger partial charge < -0.3 is 14.9 Å². The summed E-state index contributed by atoms with van der Waals surface area (Å²) in [5, 5.41) is 18.3. The first-order valence-electron chi connectivity index (χ1n) is 3.71. The Balaban J connectivity index is 2.41. The molecule has 3 atom stereocenters. The van der Waals surface area contributed by atoms with Gasteiger partial charge in [-0.2, -0.15) is 0 Å². The van der Waals surface area contributed by atoms with Crippen LogP contribution < -0.4 is 0 Å². The molecule has 1 heterocycles. The van der Waals surface area contributed by atoms with E-state index in [1.807, 2.05) is 0 Å². The lowest BCUT2D eigenvalue weighted by Crippen LogP contribution is -2.26. The number of rotatable bonds is 0. The molecule has 2 N–H and O–H groups in total. The van der Waals surface area contributed by atoms with Crippen LogP contribution in [0.5, 0.6) is 0 Å². The van der Waals surface area contributed by atoms with Gasteiger partial charge in [-0.3, -0.25) is 0 Å². The first-order valence-corrected chi connectivity index (χ1v) is 3.71. The van der Waals surface area contributed by atoms with Crippen molar-refractivity contribution in [2.45, 2.75) is 44.7 Å². The molecule has 0 radical (unpaired) electrons. The smallest absolute Gasteiger partial charge is 0.155 e. The Morgan fingerprint density at radius 2 is 2.00 bits per heavy atom. The molecule has 1 fully saturated rings. The number of aliphatic hydroxyl groups excluding tert-OH is 2. The fourth-order valence-corrected chi connectivity index (χ4v) is 1.14. The maximum atomic E-state index is 9.24. The third-order valence-electron chi connectivity index (χ3n) is 1.86. The first-order chi connectivity index (χ1) is 4.70. The molecule has 60 valence electrons. The molecule has 1 aliphatic heterocycles. The molecule has 0 bridgehead atoms. The Kier molecular flexibility index (Phi) is 2.65. The lowest BCUT2D eigenvalue weighted by Gasteiger charge is -2.16. The maximum Gasteiger partial charge on any atom is 0.155 e. The molecule has 0 aliphatic carbocycles. The van der Waals surface area contributed by atoms with Crippen molar-refractivity contribution in [1.29, 1.82) is 0 Å². The van der Waals surface area contributed by atoms with Crippen LogP contribution in [-0.4, -0.2) is 28.7 Å². The SMILES string of the molecule is CC1OC(O)CCCC1O. The van der Waals surface area contributed by atoms with Crippen LogP contribution in [0, 0.1) is 0 Å². The van der Waals surface area contributed by atoms with Gasteiger partial charge in [0, 0.05) is 0 Å². The molecule has 3 nitrogen and oxygen atoms in total. The summed E-state index contributed by atoms with van der Waals surface area (Å²) in [6.07, 6.45) is 0.911. The zero-order valence-electron chi connectivity index (χ0n) is 6.16. The fourth-order valence-electron chi connectivity index (χ4n) is 1.14. The Labute approximate surface area is 60.6 Å². The summed E-state index contributed by atoms with van der Waals surface area (Å²) in [5.74, 6) is 0. The van der Waals surface area contributed by atoms with Gasteiger partial charge in [-0.25, -0.2) is 0 Å². The van der Waals surface area contributed by atoms with Crippen molar-refractivity contribution in [3.8, 4) is 0 Å². The first kappa shape index (κ1) is 7.98. The summed E-state index contributed by atoms with van der Waals surface area (Å²) in [6.45, 7) is 1.78. The molecule has 0 amide bonds. The van der Waals surface area contributed by atoms with Crippen molar-refractivity contribution < 1.29 is 14.9 Å². The predicted molar refractivity (Wildman–Crippen MR) is 36.4 cm³/mol. The van der Waals surface area contributed by atoms with E-state index in [4.69, 9.17) is 9.84 Å². The van der Waals surface area contributed by atoms with E-state index in [0.717, 1.165) is 12.8 Å². The van der Waals surface area contributed by atoms with Crippen LogP contribution in [-0.2, 0) is 4.74 Å². The highest BCUT2D eigenvalue weighted by molar-refractivity contribution is 4.68. The molecule has 3 heteroatoms. The summed E-state index contributed by atoms with van der Waals surface area (Å²) in [6, 6.07) is 0. The van der Waals surface area contributed by atoms with E-state index in [2.05, 4.69) is 0 Å². The topological polar surface area (TPSA) is 49.7 Å². The van der Waals surface area contributed by atoms with Gasteiger partial charge in [0.1, 0.15) is 0 Å². The monoisotopic (exact) mass is 146 g/mol. The minimum atomic E-state index is -0.674. The van der Waals surface area contributed by atoms with Gasteiger partial charge in [-0.05, 0) is 26.2 Å². The number of ether oxygens (including phenoxy) is 1. The van der Waals surface area contributed by atoms with Crippen LogP contribution in [0.4, 0.5) is 0 Å². The standard InChI is InChI=1S/C7H14O3/c1-5-6(8)3-2-4-7(9)10-5/h5-9H,2-4H2,1H3. The van der Waals surface area contributed by atoms with E-state index in [-0.39, 0.29) is 6.10 Å². The van der Waals surface area contributed by atoms with Gasteiger partial charge in [0.15, 0.2) is 6.29 Å². The molecule has 10 heavy (non-hydrogen) atoms. The van der Waals surface area contributed by atoms with Crippen molar-refractivity contribution in [2.24, 2.45) is 0 Å². The highest BCUT2D eigenvalue weighted by atomic mass is 16.6. The van der Waals surface area contributed by atoms with Gasteiger partial charge in [0.2, 0.25) is 0 Å². The summed E-state index contributed by atoms with van der Waals surface area (Å²) < 4.78 is 5.03. The second-order valence-electron chi connectivity index (χ2n) is 2.79. The Morgan fingerprint density at radius 1 is 1.30 bits per heavy atom. The van der Waals surface area contributed by atoms with Gasteiger partial charge >= 0.3 is 0 Å². The number of hydrogen-bond donors (Lipinski definition) is 2. The van der Waals surface area contributed by atoms with Gasteiger partial charge in [0.05, 0.1) is 12.2 Å². The van der Waals surface area contributed by atoms with Crippen molar-refractivity contribution in [3.05, 3.63) is 0 Å². The van der Waals surface area contributed by atoms with Crippen LogP contribution in [0.15, 0.2) is 0 Å². The van der Waals surface area contributed by atoms with Crippen LogP contribution in [0.2, 0.25) is 0 Å². The molecular weight excluding hydrogens is 132 g/mol. The molecule has 0 spiro atoms. The Hall–Kier alpha value is -0.120. The second-order valence-corrected chi connectivity index (χ2v) is 2.79. The van der Waals surface area contributed by atoms with Gasteiger partial charge in [-0.1, -0.05) is 0 Å². The largest absolute Gasteiger partial charge is 0.390 e. The van der Waals surface area contributed by atoms with Crippen molar-refractivity contribution in [3.63, 3.8) is 0 Å². The third kappa shape index (κ3) is 1.94. The van der Waals surface area contributed by atoms with Crippen LogP contribution in [0.3, 0.4) is 0 Å². The fraction of sp³-hybridized carbons (Fsp3) is 1.00. The average Bonchev–Trinajstić information content (AvgIpc) is 1.96. The number of aliphatic hydroxyl groups is 2. The Bertz CT molecular complexity index is 105. The quantitative estimate of drug-likeness (QED) is 0.515. The predicted octanol–water partition coefficient (Wildman–Crippen LogP) is 0.255. The second kappa shape index (κ2) is 3.32. The van der Waals surface area contributed by atoms with Crippen molar-refractivity contribution in [1.82, 2.24) is 0 Å². The van der Waals surface area contributed by atoms with E-state index in [1.165, 1.54) is 0 Å². The van der Waals surface area contributed by atoms with Crippen LogP contribution in [0.1, 0.15) is 26.2 Å². The van der Waals surface area contributed by atoms with E-state index >= 15 is 0 Å². The van der Waals surface area contributed by atoms with Crippen LogP contribution >= 0.6 is 0 Å². The molecule has 1 saturated heterocycles. The highest BCUT2D eigenvalue weighted by Crippen LogP contribution is 2.16. The molecule has 0 aromatic heterocycles. The van der Waals surface area contributed by atoms with Crippen LogP contribution in [0.25, 0.3) is 0 Å². The lowest BCUT2D eigenvalue weighted by atomic mass is 10.1. The van der Waals surface area contributed by atoms with Crippen molar-refractivity contribution >= 4 is 0 Å². The summed E-state index contributed by atoms with van der Waals surface area (Å²) in [5.41, 5.74) is 0. The Morgan fingerprint density at radius 3 is 2.70 bits per heavy atom. The minimum absolute atomic E-state index is 0.225. The molecule has 0 aromatic rings. The molecule has 3 unspecified atom stereocenters. The summed E-state index contributed by atoms with van der Waals surface area (Å²) in [4.78, 5) is 0. The molecule has 1 rings (SSSR count). The third-order valence-corrected chi connectivity index (χ3v) is 1.86. The zero-order valence-corrected chi connectivity index (χ0v) is 6.16. The maximum absolute atomic E-state index is 9.24. The minimum Gasteiger partial charge on any atom is -0.390 e. The zero-order chi connectivity index (χ0) is 7.56. The van der Waals surface area contributed by atoms with E-state index in [0.29, 0.717) is 6.42 Å². The van der Waals surface area contributed by atoms with E-state index in [9.17, 15) is 5.11 Å². The molecule has 0 aromatic carbocycles. The molecule has 0 saturated carbocycles. The number of hydrogen-bond acceptors (Lipinski definition) is 3. The molecule has 1 aliphatic rings. The van der Waals surface area contributed by atoms with E-state index in [1.54, 1.807) is 6.92 Å². The lowest BCUT2D eigenvalue weighted by molar-refractivity contribution is -0.148. The summed E-state index contributed by atoms with van der Waals surface area (Å²) >= 11 is 0. The highest BCUT2D eigenvalue weighted by Gasteiger charge is 2.21. The van der Waals surface area contributed by atoms with E-state index < -0.39 is 12.4 Å².